The minimum Gasteiger partial charge on any atom is -0.309 e. The Morgan fingerprint density at radius 1 is 0.889 bits per heavy atom. The van der Waals surface area contributed by atoms with E-state index in [4.69, 9.17) is 0 Å². The molecule has 2 aromatic rings. The topological polar surface area (TPSA) is 12.0 Å². The van der Waals surface area contributed by atoms with Gasteiger partial charge in [-0.3, -0.25) is 0 Å². The molecule has 0 aliphatic heterocycles. The van der Waals surface area contributed by atoms with Crippen molar-refractivity contribution >= 4 is 15.9 Å². The van der Waals surface area contributed by atoms with Crippen molar-refractivity contribution in [2.24, 2.45) is 0 Å². The molecule has 0 aliphatic carbocycles. The number of halogens is 1. The first-order valence-electron chi connectivity index (χ1n) is 6.13. The van der Waals surface area contributed by atoms with Crippen molar-refractivity contribution in [2.75, 3.05) is 7.05 Å². The Morgan fingerprint density at radius 3 is 2.17 bits per heavy atom. The van der Waals surface area contributed by atoms with Crippen molar-refractivity contribution in [3.8, 4) is 0 Å². The summed E-state index contributed by atoms with van der Waals surface area (Å²) in [5, 5.41) is 3.41. The zero-order valence-electron chi connectivity index (χ0n) is 11.0. The zero-order valence-corrected chi connectivity index (χ0v) is 12.6. The second kappa shape index (κ2) is 5.68. The van der Waals surface area contributed by atoms with Gasteiger partial charge in [0.15, 0.2) is 0 Å². The SMILES string of the molecule is CNC(c1ccccc1C)c1cccc(C)c1Br. The molecular weight excluding hydrogens is 286 g/mol. The van der Waals surface area contributed by atoms with E-state index < -0.39 is 0 Å². The maximum absolute atomic E-state index is 3.70. The summed E-state index contributed by atoms with van der Waals surface area (Å²) in [5.74, 6) is 0. The standard InChI is InChI=1S/C16H18BrN/c1-11-7-4-5-9-13(11)16(18-3)14-10-6-8-12(2)15(14)17/h4-10,16,18H,1-3H3. The van der Waals surface area contributed by atoms with Crippen LogP contribution in [0.15, 0.2) is 46.9 Å². The largest absolute Gasteiger partial charge is 0.309 e. The van der Waals surface area contributed by atoms with Crippen LogP contribution in [-0.4, -0.2) is 7.05 Å². The van der Waals surface area contributed by atoms with Gasteiger partial charge in [0.1, 0.15) is 0 Å². The molecule has 2 rings (SSSR count). The summed E-state index contributed by atoms with van der Waals surface area (Å²) in [5.41, 5.74) is 5.18. The van der Waals surface area contributed by atoms with E-state index in [1.807, 2.05) is 7.05 Å². The molecule has 0 aliphatic rings. The molecule has 0 heterocycles. The summed E-state index contributed by atoms with van der Waals surface area (Å²) in [7, 11) is 2.01. The fourth-order valence-corrected chi connectivity index (χ4v) is 2.78. The lowest BCUT2D eigenvalue weighted by Gasteiger charge is -2.21. The number of aryl methyl sites for hydroxylation is 2. The predicted octanol–water partition coefficient (Wildman–Crippen LogP) is 4.37. The van der Waals surface area contributed by atoms with E-state index in [9.17, 15) is 0 Å². The van der Waals surface area contributed by atoms with E-state index in [1.165, 1.54) is 26.7 Å². The van der Waals surface area contributed by atoms with Crippen LogP contribution in [-0.2, 0) is 0 Å². The van der Waals surface area contributed by atoms with Gasteiger partial charge in [-0.15, -0.1) is 0 Å². The molecule has 0 amide bonds. The Balaban J connectivity index is 2.53. The summed E-state index contributed by atoms with van der Waals surface area (Å²) >= 11 is 3.70. The number of nitrogens with one attached hydrogen (secondary N) is 1. The number of rotatable bonds is 3. The molecule has 1 nitrogen and oxygen atoms in total. The summed E-state index contributed by atoms with van der Waals surface area (Å²) in [6.45, 7) is 4.28. The first-order chi connectivity index (χ1) is 8.65. The van der Waals surface area contributed by atoms with Crippen LogP contribution >= 0.6 is 15.9 Å². The third-order valence-corrected chi connectivity index (χ3v) is 4.40. The third kappa shape index (κ3) is 2.50. The van der Waals surface area contributed by atoms with Crippen molar-refractivity contribution in [1.29, 1.82) is 0 Å². The smallest absolute Gasteiger partial charge is 0.0588 e. The maximum Gasteiger partial charge on any atom is 0.0588 e. The number of benzene rings is 2. The molecule has 1 N–H and O–H groups in total. The molecule has 0 spiro atoms. The summed E-state index contributed by atoms with van der Waals surface area (Å²) in [6.07, 6.45) is 0. The van der Waals surface area contributed by atoms with E-state index in [1.54, 1.807) is 0 Å². The Morgan fingerprint density at radius 2 is 1.50 bits per heavy atom. The van der Waals surface area contributed by atoms with Crippen molar-refractivity contribution in [3.63, 3.8) is 0 Å². The third-order valence-electron chi connectivity index (χ3n) is 3.32. The zero-order chi connectivity index (χ0) is 13.1. The van der Waals surface area contributed by atoms with Crippen LogP contribution in [0.4, 0.5) is 0 Å². The van der Waals surface area contributed by atoms with Gasteiger partial charge in [-0.1, -0.05) is 58.4 Å². The van der Waals surface area contributed by atoms with E-state index in [0.717, 1.165) is 0 Å². The molecule has 18 heavy (non-hydrogen) atoms. The van der Waals surface area contributed by atoms with Gasteiger partial charge in [0.25, 0.3) is 0 Å². The second-order valence-electron chi connectivity index (χ2n) is 4.56. The highest BCUT2D eigenvalue weighted by molar-refractivity contribution is 9.10. The highest BCUT2D eigenvalue weighted by atomic mass is 79.9. The van der Waals surface area contributed by atoms with Crippen molar-refractivity contribution in [1.82, 2.24) is 5.32 Å². The minimum atomic E-state index is 0.223. The molecule has 2 heteroatoms. The molecule has 2 aromatic carbocycles. The van der Waals surface area contributed by atoms with Gasteiger partial charge in [-0.05, 0) is 43.1 Å². The highest BCUT2D eigenvalue weighted by Gasteiger charge is 2.16. The van der Waals surface area contributed by atoms with Crippen LogP contribution in [0.3, 0.4) is 0 Å². The normalized spacial score (nSPS) is 12.4. The van der Waals surface area contributed by atoms with E-state index >= 15 is 0 Å². The van der Waals surface area contributed by atoms with Crippen LogP contribution in [0.2, 0.25) is 0 Å². The Bertz CT molecular complexity index is 549. The van der Waals surface area contributed by atoms with Crippen molar-refractivity contribution in [3.05, 3.63) is 69.2 Å². The van der Waals surface area contributed by atoms with Crippen molar-refractivity contribution in [2.45, 2.75) is 19.9 Å². The molecule has 0 fully saturated rings. The fraction of sp³-hybridized carbons (Fsp3) is 0.250. The summed E-state index contributed by atoms with van der Waals surface area (Å²) < 4.78 is 1.19. The average molecular weight is 304 g/mol. The molecule has 0 saturated heterocycles. The maximum atomic E-state index is 3.70. The second-order valence-corrected chi connectivity index (χ2v) is 5.35. The lowest BCUT2D eigenvalue weighted by atomic mass is 9.94. The summed E-state index contributed by atoms with van der Waals surface area (Å²) in [6, 6.07) is 15.1. The quantitative estimate of drug-likeness (QED) is 0.887. The number of hydrogen-bond acceptors (Lipinski definition) is 1. The van der Waals surface area contributed by atoms with E-state index in [2.05, 4.69) is 77.6 Å². The van der Waals surface area contributed by atoms with Gasteiger partial charge in [-0.25, -0.2) is 0 Å². The molecule has 1 unspecified atom stereocenters. The van der Waals surface area contributed by atoms with Gasteiger partial charge in [0.05, 0.1) is 6.04 Å². The van der Waals surface area contributed by atoms with Gasteiger partial charge in [-0.2, -0.15) is 0 Å². The fourth-order valence-electron chi connectivity index (χ4n) is 2.28. The Kier molecular flexibility index (Phi) is 4.20. The van der Waals surface area contributed by atoms with Gasteiger partial charge in [0, 0.05) is 4.47 Å². The van der Waals surface area contributed by atoms with Crippen LogP contribution in [0.5, 0.6) is 0 Å². The van der Waals surface area contributed by atoms with Gasteiger partial charge >= 0.3 is 0 Å². The van der Waals surface area contributed by atoms with Crippen LogP contribution in [0.25, 0.3) is 0 Å². The molecule has 1 atom stereocenters. The van der Waals surface area contributed by atoms with Crippen LogP contribution in [0, 0.1) is 13.8 Å². The monoisotopic (exact) mass is 303 g/mol. The lowest BCUT2D eigenvalue weighted by molar-refractivity contribution is 0.684. The highest BCUT2D eigenvalue weighted by Crippen LogP contribution is 2.31. The Hall–Kier alpha value is -1.12. The molecule has 0 bridgehead atoms. The summed E-state index contributed by atoms with van der Waals surface area (Å²) in [4.78, 5) is 0. The molecule has 94 valence electrons. The molecular formula is C16H18BrN. The van der Waals surface area contributed by atoms with Gasteiger partial charge in [0.2, 0.25) is 0 Å². The van der Waals surface area contributed by atoms with Crippen LogP contribution in [0.1, 0.15) is 28.3 Å². The van der Waals surface area contributed by atoms with Crippen molar-refractivity contribution < 1.29 is 0 Å². The molecule has 0 aromatic heterocycles. The lowest BCUT2D eigenvalue weighted by Crippen LogP contribution is -2.19. The average Bonchev–Trinajstić information content (AvgIpc) is 2.37. The first-order valence-corrected chi connectivity index (χ1v) is 6.92. The Labute approximate surface area is 117 Å². The first kappa shape index (κ1) is 13.3. The predicted molar refractivity (Wildman–Crippen MR) is 81.0 cm³/mol. The van der Waals surface area contributed by atoms with E-state index in [-0.39, 0.29) is 6.04 Å². The van der Waals surface area contributed by atoms with Crippen LogP contribution < -0.4 is 5.32 Å². The van der Waals surface area contributed by atoms with E-state index in [0.29, 0.717) is 0 Å². The number of hydrogen-bond donors (Lipinski definition) is 1. The molecule has 0 radical (unpaired) electrons. The molecule has 0 saturated carbocycles. The minimum absolute atomic E-state index is 0.223. The van der Waals surface area contributed by atoms with Gasteiger partial charge < -0.3 is 5.32 Å².